The van der Waals surface area contributed by atoms with Crippen LogP contribution in [0.2, 0.25) is 5.02 Å². The number of benzene rings is 2. The SMILES string of the molecule is O=C(/C=C/c1cccnc1)NCC1Cc2cc(-c3cc(F)c(F)c(F)c3)cc(Cl)c2O1. The number of nitrogens with zero attached hydrogens (tertiary/aromatic N) is 1. The van der Waals surface area contributed by atoms with Crippen molar-refractivity contribution in [1.29, 1.82) is 0 Å². The van der Waals surface area contributed by atoms with Gasteiger partial charge in [0.15, 0.2) is 17.5 Å². The van der Waals surface area contributed by atoms with E-state index in [1.807, 2.05) is 6.07 Å². The molecule has 0 radical (unpaired) electrons. The number of carbonyl (C=O) groups excluding carboxylic acids is 1. The van der Waals surface area contributed by atoms with Crippen molar-refractivity contribution in [1.82, 2.24) is 10.3 Å². The van der Waals surface area contributed by atoms with Gasteiger partial charge in [-0.3, -0.25) is 9.78 Å². The summed E-state index contributed by atoms with van der Waals surface area (Å²) in [6.07, 6.45) is 6.44. The average molecular weight is 445 g/mol. The van der Waals surface area contributed by atoms with Gasteiger partial charge in [-0.2, -0.15) is 0 Å². The van der Waals surface area contributed by atoms with Gasteiger partial charge in [-0.25, -0.2) is 13.2 Å². The summed E-state index contributed by atoms with van der Waals surface area (Å²) in [5, 5.41) is 3.03. The van der Waals surface area contributed by atoms with Gasteiger partial charge >= 0.3 is 0 Å². The molecule has 0 saturated carbocycles. The van der Waals surface area contributed by atoms with Crippen LogP contribution in [0, 0.1) is 17.5 Å². The molecule has 0 aliphatic carbocycles. The Kier molecular flexibility index (Phi) is 5.95. The van der Waals surface area contributed by atoms with Crippen molar-refractivity contribution in [3.05, 3.63) is 88.5 Å². The summed E-state index contributed by atoms with van der Waals surface area (Å²) >= 11 is 6.29. The van der Waals surface area contributed by atoms with E-state index in [9.17, 15) is 18.0 Å². The molecule has 158 valence electrons. The van der Waals surface area contributed by atoms with Gasteiger partial charge < -0.3 is 10.1 Å². The lowest BCUT2D eigenvalue weighted by molar-refractivity contribution is -0.116. The first-order chi connectivity index (χ1) is 14.9. The lowest BCUT2D eigenvalue weighted by Gasteiger charge is -2.11. The van der Waals surface area contributed by atoms with Gasteiger partial charge in [0, 0.05) is 30.5 Å². The van der Waals surface area contributed by atoms with E-state index in [4.69, 9.17) is 16.3 Å². The molecule has 2 aromatic carbocycles. The number of pyridine rings is 1. The zero-order valence-electron chi connectivity index (χ0n) is 16.0. The van der Waals surface area contributed by atoms with Crippen LogP contribution in [0.5, 0.6) is 5.75 Å². The maximum absolute atomic E-state index is 13.6. The Hall–Kier alpha value is -3.32. The molecule has 1 amide bonds. The van der Waals surface area contributed by atoms with Crippen molar-refractivity contribution in [2.24, 2.45) is 0 Å². The number of carbonyl (C=O) groups is 1. The third kappa shape index (κ3) is 4.72. The standard InChI is InChI=1S/C23H16ClF3N2O2/c24-18-8-14(15-9-19(25)22(27)20(26)10-15)6-16-7-17(31-23(16)18)12-29-21(30)4-3-13-2-1-5-28-11-13/h1-6,8-11,17H,7,12H2,(H,29,30)/b4-3+. The smallest absolute Gasteiger partial charge is 0.244 e. The van der Waals surface area contributed by atoms with Crippen LogP contribution < -0.4 is 10.1 Å². The Morgan fingerprint density at radius 1 is 1.19 bits per heavy atom. The lowest BCUT2D eigenvalue weighted by atomic mass is 10.0. The Balaban J connectivity index is 1.43. The van der Waals surface area contributed by atoms with Gasteiger partial charge in [0.05, 0.1) is 11.6 Å². The highest BCUT2D eigenvalue weighted by molar-refractivity contribution is 6.32. The highest BCUT2D eigenvalue weighted by Gasteiger charge is 2.26. The summed E-state index contributed by atoms with van der Waals surface area (Å²) in [5.41, 5.74) is 2.14. The lowest BCUT2D eigenvalue weighted by Crippen LogP contribution is -2.33. The molecule has 0 spiro atoms. The highest BCUT2D eigenvalue weighted by atomic mass is 35.5. The Morgan fingerprint density at radius 3 is 2.65 bits per heavy atom. The van der Waals surface area contributed by atoms with E-state index in [2.05, 4.69) is 10.3 Å². The summed E-state index contributed by atoms with van der Waals surface area (Å²) in [4.78, 5) is 16.0. The molecule has 4 nitrogen and oxygen atoms in total. The number of aromatic nitrogens is 1. The molecular formula is C23H16ClF3N2O2. The fraction of sp³-hybridized carbons (Fsp3) is 0.130. The zero-order valence-corrected chi connectivity index (χ0v) is 16.8. The number of nitrogens with one attached hydrogen (secondary N) is 1. The third-order valence-corrected chi connectivity index (χ3v) is 5.07. The molecule has 1 atom stereocenters. The fourth-order valence-corrected chi connectivity index (χ4v) is 3.59. The summed E-state index contributed by atoms with van der Waals surface area (Å²) in [6.45, 7) is 0.246. The predicted octanol–water partition coefficient (Wildman–Crippen LogP) is 4.95. The van der Waals surface area contributed by atoms with Crippen molar-refractivity contribution in [2.75, 3.05) is 6.54 Å². The minimum absolute atomic E-state index is 0.165. The first-order valence-corrected chi connectivity index (χ1v) is 9.78. The summed E-state index contributed by atoms with van der Waals surface area (Å²) in [5.74, 6) is -3.90. The number of fused-ring (bicyclic) bond motifs is 1. The van der Waals surface area contributed by atoms with Gasteiger partial charge in [0.1, 0.15) is 11.9 Å². The second kappa shape index (κ2) is 8.81. The van der Waals surface area contributed by atoms with Crippen LogP contribution in [0.1, 0.15) is 11.1 Å². The van der Waals surface area contributed by atoms with Crippen LogP contribution in [0.25, 0.3) is 17.2 Å². The molecule has 4 rings (SSSR count). The molecule has 1 aliphatic heterocycles. The molecule has 0 fully saturated rings. The summed E-state index contributed by atoms with van der Waals surface area (Å²) in [7, 11) is 0. The second-order valence-electron chi connectivity index (χ2n) is 7.01. The molecular weight excluding hydrogens is 429 g/mol. The van der Waals surface area contributed by atoms with E-state index >= 15 is 0 Å². The van der Waals surface area contributed by atoms with E-state index in [0.717, 1.165) is 23.3 Å². The van der Waals surface area contributed by atoms with Gasteiger partial charge in [-0.1, -0.05) is 17.7 Å². The zero-order chi connectivity index (χ0) is 22.0. The molecule has 0 bridgehead atoms. The van der Waals surface area contributed by atoms with Gasteiger partial charge in [0.2, 0.25) is 5.91 Å². The van der Waals surface area contributed by atoms with E-state index < -0.39 is 17.5 Å². The summed E-state index contributed by atoms with van der Waals surface area (Å²) in [6, 6.07) is 8.62. The number of ether oxygens (including phenoxy) is 1. The first-order valence-electron chi connectivity index (χ1n) is 9.40. The van der Waals surface area contributed by atoms with Crippen LogP contribution in [0.4, 0.5) is 13.2 Å². The molecule has 8 heteroatoms. The number of halogens is 4. The minimum atomic E-state index is -1.52. The highest BCUT2D eigenvalue weighted by Crippen LogP contribution is 2.40. The number of hydrogen-bond acceptors (Lipinski definition) is 3. The van der Waals surface area contributed by atoms with E-state index in [1.165, 1.54) is 12.1 Å². The summed E-state index contributed by atoms with van der Waals surface area (Å²) < 4.78 is 46.2. The molecule has 31 heavy (non-hydrogen) atoms. The predicted molar refractivity (Wildman–Crippen MR) is 111 cm³/mol. The topological polar surface area (TPSA) is 51.2 Å². The van der Waals surface area contributed by atoms with Crippen LogP contribution in [0.15, 0.2) is 54.9 Å². The van der Waals surface area contributed by atoms with Crippen molar-refractivity contribution < 1.29 is 22.7 Å². The van der Waals surface area contributed by atoms with E-state index in [0.29, 0.717) is 17.7 Å². The van der Waals surface area contributed by atoms with Gasteiger partial charge in [0.25, 0.3) is 0 Å². The van der Waals surface area contributed by atoms with Crippen LogP contribution in [-0.2, 0) is 11.2 Å². The largest absolute Gasteiger partial charge is 0.486 e. The quantitative estimate of drug-likeness (QED) is 0.447. The fourth-order valence-electron chi connectivity index (χ4n) is 3.31. The van der Waals surface area contributed by atoms with Crippen LogP contribution in [0.3, 0.4) is 0 Å². The number of amides is 1. The molecule has 1 N–H and O–H groups in total. The Labute approximate surface area is 181 Å². The monoisotopic (exact) mass is 444 g/mol. The molecule has 1 unspecified atom stereocenters. The van der Waals surface area contributed by atoms with Crippen LogP contribution >= 0.6 is 11.6 Å². The van der Waals surface area contributed by atoms with Gasteiger partial charge in [-0.15, -0.1) is 0 Å². The average Bonchev–Trinajstić information content (AvgIpc) is 3.18. The van der Waals surface area contributed by atoms with Crippen molar-refractivity contribution in [3.63, 3.8) is 0 Å². The van der Waals surface area contributed by atoms with E-state index in [-0.39, 0.29) is 29.1 Å². The maximum atomic E-state index is 13.6. The Morgan fingerprint density at radius 2 is 1.94 bits per heavy atom. The van der Waals surface area contributed by atoms with Gasteiger partial charge in [-0.05, 0) is 53.1 Å². The molecule has 1 aliphatic rings. The first kappa shape index (κ1) is 20.9. The minimum Gasteiger partial charge on any atom is -0.486 e. The van der Waals surface area contributed by atoms with Crippen LogP contribution in [-0.4, -0.2) is 23.5 Å². The normalized spacial score (nSPS) is 15.0. The maximum Gasteiger partial charge on any atom is 0.244 e. The number of hydrogen-bond donors (Lipinski definition) is 1. The van der Waals surface area contributed by atoms with E-state index in [1.54, 1.807) is 30.6 Å². The van der Waals surface area contributed by atoms with Crippen molar-refractivity contribution >= 4 is 23.6 Å². The molecule has 2 heterocycles. The molecule has 0 saturated heterocycles. The van der Waals surface area contributed by atoms with Crippen molar-refractivity contribution in [3.8, 4) is 16.9 Å². The Bertz CT molecular complexity index is 1150. The van der Waals surface area contributed by atoms with Crippen molar-refractivity contribution in [2.45, 2.75) is 12.5 Å². The molecule has 3 aromatic rings. The second-order valence-corrected chi connectivity index (χ2v) is 7.42. The number of rotatable bonds is 5. The third-order valence-electron chi connectivity index (χ3n) is 4.79. The molecule has 1 aromatic heterocycles.